The Balaban J connectivity index is 1.38. The highest BCUT2D eigenvalue weighted by Crippen LogP contribution is 2.30. The first-order valence-electron chi connectivity index (χ1n) is 9.72. The van der Waals surface area contributed by atoms with Crippen molar-refractivity contribution in [3.05, 3.63) is 54.1 Å². The molecule has 2 aromatic rings. The van der Waals surface area contributed by atoms with Crippen LogP contribution in [0.3, 0.4) is 0 Å². The average Bonchev–Trinajstić information content (AvgIpc) is 2.74. The van der Waals surface area contributed by atoms with Gasteiger partial charge in [-0.25, -0.2) is 0 Å². The fourth-order valence-corrected chi connectivity index (χ4v) is 3.91. The molecular weight excluding hydrogens is 340 g/mol. The van der Waals surface area contributed by atoms with Crippen molar-refractivity contribution < 1.29 is 14.3 Å². The van der Waals surface area contributed by atoms with Gasteiger partial charge in [-0.3, -0.25) is 4.79 Å². The van der Waals surface area contributed by atoms with Crippen LogP contribution in [0.5, 0.6) is 11.5 Å². The molecule has 0 radical (unpaired) electrons. The zero-order valence-electron chi connectivity index (χ0n) is 15.8. The standard InChI is InChI=1S/C22H26N2O3/c1-2-26-21-10-6-4-8-19(21)23-11-13-24(14-12-23)22(25)18-15-17-7-3-5-9-20(17)27-16-18/h3-10,18H,2,11-16H2,1H3. The lowest BCUT2D eigenvalue weighted by Crippen LogP contribution is -2.51. The van der Waals surface area contributed by atoms with Crippen molar-refractivity contribution in [3.63, 3.8) is 0 Å². The molecule has 4 rings (SSSR count). The Bertz CT molecular complexity index is 800. The molecule has 2 aliphatic rings. The second-order valence-corrected chi connectivity index (χ2v) is 7.03. The van der Waals surface area contributed by atoms with Crippen molar-refractivity contribution in [3.8, 4) is 11.5 Å². The largest absolute Gasteiger partial charge is 0.492 e. The number of hydrogen-bond donors (Lipinski definition) is 0. The topological polar surface area (TPSA) is 42.0 Å². The van der Waals surface area contributed by atoms with Crippen LogP contribution in [0.15, 0.2) is 48.5 Å². The van der Waals surface area contributed by atoms with Crippen LogP contribution in [0.1, 0.15) is 12.5 Å². The molecule has 0 aromatic heterocycles. The van der Waals surface area contributed by atoms with Crippen molar-refractivity contribution in [2.24, 2.45) is 5.92 Å². The van der Waals surface area contributed by atoms with E-state index in [4.69, 9.17) is 9.47 Å². The first-order valence-corrected chi connectivity index (χ1v) is 9.72. The number of hydrogen-bond acceptors (Lipinski definition) is 4. The quantitative estimate of drug-likeness (QED) is 0.834. The van der Waals surface area contributed by atoms with E-state index in [0.717, 1.165) is 55.3 Å². The Morgan fingerprint density at radius 3 is 2.63 bits per heavy atom. The van der Waals surface area contributed by atoms with Crippen LogP contribution in [-0.2, 0) is 11.2 Å². The van der Waals surface area contributed by atoms with E-state index in [2.05, 4.69) is 17.0 Å². The lowest BCUT2D eigenvalue weighted by Gasteiger charge is -2.38. The SMILES string of the molecule is CCOc1ccccc1N1CCN(C(=O)C2COc3ccccc3C2)CC1. The number of carbonyl (C=O) groups is 1. The maximum atomic E-state index is 13.0. The number of para-hydroxylation sites is 3. The number of nitrogens with zero attached hydrogens (tertiary/aromatic N) is 2. The van der Waals surface area contributed by atoms with Crippen molar-refractivity contribution in [1.82, 2.24) is 4.90 Å². The Morgan fingerprint density at radius 1 is 1.07 bits per heavy atom. The van der Waals surface area contributed by atoms with Crippen molar-refractivity contribution >= 4 is 11.6 Å². The molecule has 2 aromatic carbocycles. The molecule has 1 unspecified atom stereocenters. The van der Waals surface area contributed by atoms with Crippen molar-refractivity contribution in [2.75, 3.05) is 44.3 Å². The summed E-state index contributed by atoms with van der Waals surface area (Å²) in [6, 6.07) is 16.1. The lowest BCUT2D eigenvalue weighted by molar-refractivity contribution is -0.137. The summed E-state index contributed by atoms with van der Waals surface area (Å²) in [5, 5.41) is 0. The van der Waals surface area contributed by atoms with Crippen molar-refractivity contribution in [2.45, 2.75) is 13.3 Å². The fourth-order valence-electron chi connectivity index (χ4n) is 3.91. The summed E-state index contributed by atoms with van der Waals surface area (Å²) >= 11 is 0. The molecule has 0 saturated carbocycles. The molecule has 5 nitrogen and oxygen atoms in total. The summed E-state index contributed by atoms with van der Waals surface area (Å²) in [6.45, 7) is 6.23. The highest BCUT2D eigenvalue weighted by Gasteiger charge is 2.31. The van der Waals surface area contributed by atoms with Gasteiger partial charge < -0.3 is 19.3 Å². The van der Waals surface area contributed by atoms with Crippen molar-refractivity contribution in [1.29, 1.82) is 0 Å². The Labute approximate surface area is 160 Å². The van der Waals surface area contributed by atoms with Crippen LogP contribution in [-0.4, -0.2) is 50.2 Å². The van der Waals surface area contributed by atoms with Gasteiger partial charge in [0, 0.05) is 26.2 Å². The van der Waals surface area contributed by atoms with Gasteiger partial charge in [0.15, 0.2) is 0 Å². The number of anilines is 1. The maximum absolute atomic E-state index is 13.0. The minimum Gasteiger partial charge on any atom is -0.492 e. The molecule has 0 spiro atoms. The molecule has 1 amide bonds. The summed E-state index contributed by atoms with van der Waals surface area (Å²) in [6.07, 6.45) is 0.766. The number of fused-ring (bicyclic) bond motifs is 1. The van der Waals surface area contributed by atoms with Gasteiger partial charge >= 0.3 is 0 Å². The first kappa shape index (κ1) is 17.7. The van der Waals surface area contributed by atoms with Crippen LogP contribution in [0.25, 0.3) is 0 Å². The highest BCUT2D eigenvalue weighted by atomic mass is 16.5. The molecule has 5 heteroatoms. The molecule has 2 aliphatic heterocycles. The monoisotopic (exact) mass is 366 g/mol. The van der Waals surface area contributed by atoms with Gasteiger partial charge in [-0.2, -0.15) is 0 Å². The summed E-state index contributed by atoms with van der Waals surface area (Å²) in [5.41, 5.74) is 2.24. The molecule has 1 fully saturated rings. The molecule has 1 saturated heterocycles. The molecule has 2 heterocycles. The van der Waals surface area contributed by atoms with E-state index >= 15 is 0 Å². The predicted molar refractivity (Wildman–Crippen MR) is 106 cm³/mol. The Hall–Kier alpha value is -2.69. The van der Waals surface area contributed by atoms with E-state index in [0.29, 0.717) is 13.2 Å². The van der Waals surface area contributed by atoms with Crippen LogP contribution in [0.4, 0.5) is 5.69 Å². The van der Waals surface area contributed by atoms with E-state index < -0.39 is 0 Å². The van der Waals surface area contributed by atoms with Gasteiger partial charge in [-0.1, -0.05) is 30.3 Å². The van der Waals surface area contributed by atoms with Crippen LogP contribution in [0, 0.1) is 5.92 Å². The Morgan fingerprint density at radius 2 is 1.81 bits per heavy atom. The van der Waals surface area contributed by atoms with Gasteiger partial charge in [0.05, 0.1) is 18.2 Å². The van der Waals surface area contributed by atoms with Crippen LogP contribution < -0.4 is 14.4 Å². The number of carbonyl (C=O) groups excluding carboxylic acids is 1. The van der Waals surface area contributed by atoms with Gasteiger partial charge in [-0.05, 0) is 37.1 Å². The van der Waals surface area contributed by atoms with Crippen LogP contribution >= 0.6 is 0 Å². The number of rotatable bonds is 4. The summed E-state index contributed by atoms with van der Waals surface area (Å²) in [7, 11) is 0. The number of amides is 1. The molecule has 0 aliphatic carbocycles. The lowest BCUT2D eigenvalue weighted by atomic mass is 9.95. The van der Waals surface area contributed by atoms with Crippen LogP contribution in [0.2, 0.25) is 0 Å². The number of ether oxygens (including phenoxy) is 2. The minimum absolute atomic E-state index is 0.0813. The predicted octanol–water partition coefficient (Wildman–Crippen LogP) is 2.99. The van der Waals surface area contributed by atoms with Gasteiger partial charge in [0.25, 0.3) is 0 Å². The third-order valence-corrected chi connectivity index (χ3v) is 5.33. The first-order chi connectivity index (χ1) is 13.3. The molecule has 0 N–H and O–H groups in total. The van der Waals surface area contributed by atoms with Gasteiger partial charge in [0.1, 0.15) is 18.1 Å². The molecule has 1 atom stereocenters. The molecule has 0 bridgehead atoms. The molecular formula is C22H26N2O3. The van der Waals surface area contributed by atoms with E-state index in [1.54, 1.807) is 0 Å². The van der Waals surface area contributed by atoms with E-state index in [-0.39, 0.29) is 11.8 Å². The smallest absolute Gasteiger partial charge is 0.229 e. The average molecular weight is 366 g/mol. The van der Waals surface area contributed by atoms with E-state index in [1.807, 2.05) is 48.2 Å². The highest BCUT2D eigenvalue weighted by molar-refractivity contribution is 5.80. The molecule has 27 heavy (non-hydrogen) atoms. The number of benzene rings is 2. The molecule has 142 valence electrons. The zero-order chi connectivity index (χ0) is 18.6. The zero-order valence-corrected chi connectivity index (χ0v) is 15.8. The second-order valence-electron chi connectivity index (χ2n) is 7.03. The van der Waals surface area contributed by atoms with Gasteiger partial charge in [-0.15, -0.1) is 0 Å². The maximum Gasteiger partial charge on any atom is 0.229 e. The fraction of sp³-hybridized carbons (Fsp3) is 0.409. The third kappa shape index (κ3) is 3.72. The summed E-state index contributed by atoms with van der Waals surface area (Å²) < 4.78 is 11.6. The van der Waals surface area contributed by atoms with E-state index in [1.165, 1.54) is 0 Å². The normalized spacial score (nSPS) is 19.2. The minimum atomic E-state index is -0.0813. The summed E-state index contributed by atoms with van der Waals surface area (Å²) in [5.74, 6) is 1.96. The summed E-state index contributed by atoms with van der Waals surface area (Å²) in [4.78, 5) is 17.3. The Kier molecular flexibility index (Phi) is 5.19. The number of piperazine rings is 1. The second kappa shape index (κ2) is 7.91. The van der Waals surface area contributed by atoms with Gasteiger partial charge in [0.2, 0.25) is 5.91 Å². The van der Waals surface area contributed by atoms with E-state index in [9.17, 15) is 4.79 Å². The third-order valence-electron chi connectivity index (χ3n) is 5.33.